The Bertz CT molecular complexity index is 947. The Balaban J connectivity index is 1.32. The average Bonchev–Trinajstić information content (AvgIpc) is 2.74. The topological polar surface area (TPSA) is 80.3 Å². The molecule has 2 amide bonds. The lowest BCUT2D eigenvalue weighted by molar-refractivity contribution is -0.147. The van der Waals surface area contributed by atoms with Crippen molar-refractivity contribution in [2.45, 2.75) is 44.4 Å². The lowest BCUT2D eigenvalue weighted by atomic mass is 9.60. The first-order valence-electron chi connectivity index (χ1n) is 10.4. The van der Waals surface area contributed by atoms with Crippen LogP contribution in [0.3, 0.4) is 0 Å². The van der Waals surface area contributed by atoms with Crippen LogP contribution >= 0.6 is 0 Å². The van der Waals surface area contributed by atoms with E-state index in [2.05, 4.69) is 15.6 Å². The Morgan fingerprint density at radius 3 is 2.83 bits per heavy atom. The maximum atomic E-state index is 13.0. The van der Waals surface area contributed by atoms with Crippen LogP contribution in [0.2, 0.25) is 0 Å². The molecule has 6 heteroatoms. The van der Waals surface area contributed by atoms with E-state index in [1.54, 1.807) is 12.3 Å². The summed E-state index contributed by atoms with van der Waals surface area (Å²) in [7, 11) is 0. The lowest BCUT2D eigenvalue weighted by Crippen LogP contribution is -2.67. The molecule has 4 aliphatic rings. The van der Waals surface area contributed by atoms with E-state index in [1.165, 1.54) is 0 Å². The minimum absolute atomic E-state index is 0.0526. The Morgan fingerprint density at radius 2 is 2.07 bits per heavy atom. The van der Waals surface area contributed by atoms with E-state index < -0.39 is 5.72 Å². The number of carbonyl (C=O) groups is 2. The van der Waals surface area contributed by atoms with Gasteiger partial charge in [-0.1, -0.05) is 18.2 Å². The van der Waals surface area contributed by atoms with E-state index in [4.69, 9.17) is 4.74 Å². The zero-order chi connectivity index (χ0) is 20.0. The first kappa shape index (κ1) is 18.2. The molecule has 2 bridgehead atoms. The molecule has 2 heterocycles. The summed E-state index contributed by atoms with van der Waals surface area (Å²) in [6.45, 7) is 1.96. The number of aromatic nitrogens is 1. The number of nitrogens with one attached hydrogen (secondary N) is 2. The number of nitrogens with zero attached hydrogens (tertiary/aromatic N) is 1. The number of fused-ring (bicyclic) bond motifs is 3. The van der Waals surface area contributed by atoms with Crippen molar-refractivity contribution in [3.05, 3.63) is 59.9 Å². The third-order valence-corrected chi connectivity index (χ3v) is 6.79. The third kappa shape index (κ3) is 3.07. The molecule has 3 fully saturated rings. The van der Waals surface area contributed by atoms with Crippen molar-refractivity contribution < 1.29 is 14.3 Å². The third-order valence-electron chi connectivity index (χ3n) is 6.79. The summed E-state index contributed by atoms with van der Waals surface area (Å²) in [5.41, 5.74) is 0.758. The number of ether oxygens (including phenoxy) is 1. The summed E-state index contributed by atoms with van der Waals surface area (Å²) in [6, 6.07) is 13.0. The zero-order valence-corrected chi connectivity index (χ0v) is 16.4. The average molecular weight is 391 g/mol. The van der Waals surface area contributed by atoms with Gasteiger partial charge in [-0.05, 0) is 56.4 Å². The number of benzene rings is 1. The molecule has 1 spiro atoms. The monoisotopic (exact) mass is 391 g/mol. The van der Waals surface area contributed by atoms with E-state index >= 15 is 0 Å². The summed E-state index contributed by atoms with van der Waals surface area (Å²) in [5, 5.41) is 6.28. The fourth-order valence-corrected chi connectivity index (χ4v) is 5.31. The number of hydrogen-bond donors (Lipinski definition) is 2. The molecular weight excluding hydrogens is 366 g/mol. The standard InChI is InChI=1S/C23H25N3O3/c1-14(19-7-4-5-11-24-19)25-21(27)18-12-16-10-9-15(18)13-23(16)26-22(28)17-6-2-3-8-20(17)29-23/h2-8,11,14-16,18H,9-10,12-13H2,1H3,(H,25,27)(H,26,28)/t14-,15-,16+,18-,23-/m0/s1. The molecule has 0 unspecified atom stereocenters. The summed E-state index contributed by atoms with van der Waals surface area (Å²) in [4.78, 5) is 30.1. The van der Waals surface area contributed by atoms with Gasteiger partial charge < -0.3 is 15.4 Å². The van der Waals surface area contributed by atoms with Crippen molar-refractivity contribution >= 4 is 11.8 Å². The van der Waals surface area contributed by atoms with Crippen LogP contribution in [-0.4, -0.2) is 22.5 Å². The molecule has 6 rings (SSSR count). The second-order valence-electron chi connectivity index (χ2n) is 8.51. The fraction of sp³-hybridized carbons (Fsp3) is 0.435. The minimum atomic E-state index is -0.683. The molecule has 1 aromatic carbocycles. The molecule has 150 valence electrons. The summed E-state index contributed by atoms with van der Waals surface area (Å²) in [6.07, 6.45) is 5.10. The maximum Gasteiger partial charge on any atom is 0.258 e. The van der Waals surface area contributed by atoms with E-state index in [9.17, 15) is 9.59 Å². The van der Waals surface area contributed by atoms with Crippen LogP contribution in [0.4, 0.5) is 0 Å². The fourth-order valence-electron chi connectivity index (χ4n) is 5.31. The Labute approximate surface area is 170 Å². The van der Waals surface area contributed by atoms with Gasteiger partial charge in [-0.3, -0.25) is 14.6 Å². The number of hydrogen-bond acceptors (Lipinski definition) is 4. The van der Waals surface area contributed by atoms with Crippen LogP contribution in [0.1, 0.15) is 54.7 Å². The summed E-state index contributed by atoms with van der Waals surface area (Å²) < 4.78 is 6.37. The summed E-state index contributed by atoms with van der Waals surface area (Å²) >= 11 is 0. The van der Waals surface area contributed by atoms with Gasteiger partial charge >= 0.3 is 0 Å². The van der Waals surface area contributed by atoms with Crippen LogP contribution in [0.5, 0.6) is 5.75 Å². The van der Waals surface area contributed by atoms with E-state index in [1.807, 2.05) is 43.3 Å². The molecular formula is C23H25N3O3. The molecule has 1 aliphatic heterocycles. The number of amides is 2. The van der Waals surface area contributed by atoms with Gasteiger partial charge in [0.05, 0.1) is 17.3 Å². The predicted molar refractivity (Wildman–Crippen MR) is 107 cm³/mol. The van der Waals surface area contributed by atoms with Gasteiger partial charge in [0.2, 0.25) is 5.91 Å². The summed E-state index contributed by atoms with van der Waals surface area (Å²) in [5.74, 6) is 0.920. The first-order valence-corrected chi connectivity index (χ1v) is 10.4. The highest BCUT2D eigenvalue weighted by Crippen LogP contribution is 2.52. The second-order valence-corrected chi connectivity index (χ2v) is 8.51. The Morgan fingerprint density at radius 1 is 1.24 bits per heavy atom. The van der Waals surface area contributed by atoms with Crippen LogP contribution in [0, 0.1) is 17.8 Å². The van der Waals surface area contributed by atoms with Gasteiger partial charge in [0.25, 0.3) is 5.91 Å². The molecule has 0 saturated heterocycles. The van der Waals surface area contributed by atoms with Crippen molar-refractivity contribution in [3.63, 3.8) is 0 Å². The molecule has 29 heavy (non-hydrogen) atoms. The molecule has 2 aromatic rings. The van der Waals surface area contributed by atoms with Crippen molar-refractivity contribution in [1.82, 2.24) is 15.6 Å². The largest absolute Gasteiger partial charge is 0.467 e. The number of para-hydroxylation sites is 1. The molecule has 1 aromatic heterocycles. The highest BCUT2D eigenvalue weighted by atomic mass is 16.5. The lowest BCUT2D eigenvalue weighted by Gasteiger charge is -2.55. The van der Waals surface area contributed by atoms with Crippen molar-refractivity contribution in [3.8, 4) is 5.75 Å². The van der Waals surface area contributed by atoms with Gasteiger partial charge in [0.15, 0.2) is 5.72 Å². The zero-order valence-electron chi connectivity index (χ0n) is 16.4. The second kappa shape index (κ2) is 6.87. The Kier molecular flexibility index (Phi) is 4.30. The predicted octanol–water partition coefficient (Wildman–Crippen LogP) is 3.21. The van der Waals surface area contributed by atoms with Gasteiger partial charge in [0.1, 0.15) is 5.75 Å². The smallest absolute Gasteiger partial charge is 0.258 e. The van der Waals surface area contributed by atoms with Crippen LogP contribution in [0.25, 0.3) is 0 Å². The van der Waals surface area contributed by atoms with E-state index in [-0.39, 0.29) is 35.6 Å². The maximum absolute atomic E-state index is 13.0. The number of carbonyl (C=O) groups excluding carboxylic acids is 2. The molecule has 2 N–H and O–H groups in total. The van der Waals surface area contributed by atoms with Crippen LogP contribution in [0.15, 0.2) is 48.7 Å². The van der Waals surface area contributed by atoms with Gasteiger partial charge in [-0.25, -0.2) is 0 Å². The highest BCUT2D eigenvalue weighted by Gasteiger charge is 2.57. The molecule has 0 radical (unpaired) electrons. The SMILES string of the molecule is C[C@H](NC(=O)[C@H]1C[C@H]2CC[C@H]1C[C@@]21NC(=O)c2ccccc2O1)c1ccccn1. The molecule has 6 nitrogen and oxygen atoms in total. The molecule has 5 atom stereocenters. The molecule has 3 aliphatic carbocycles. The van der Waals surface area contributed by atoms with Gasteiger partial charge in [-0.2, -0.15) is 0 Å². The van der Waals surface area contributed by atoms with Crippen molar-refractivity contribution in [2.24, 2.45) is 17.8 Å². The van der Waals surface area contributed by atoms with E-state index in [0.717, 1.165) is 25.0 Å². The minimum Gasteiger partial charge on any atom is -0.467 e. The molecule has 3 saturated carbocycles. The van der Waals surface area contributed by atoms with E-state index in [0.29, 0.717) is 17.7 Å². The van der Waals surface area contributed by atoms with Crippen molar-refractivity contribution in [2.75, 3.05) is 0 Å². The normalized spacial score (nSPS) is 30.8. The van der Waals surface area contributed by atoms with Gasteiger partial charge in [0, 0.05) is 24.5 Å². The van der Waals surface area contributed by atoms with Crippen LogP contribution < -0.4 is 15.4 Å². The van der Waals surface area contributed by atoms with Crippen LogP contribution in [-0.2, 0) is 4.79 Å². The number of rotatable bonds is 3. The van der Waals surface area contributed by atoms with Gasteiger partial charge in [-0.15, -0.1) is 0 Å². The number of pyridine rings is 1. The Hall–Kier alpha value is -2.89. The first-order chi connectivity index (χ1) is 14.1. The van der Waals surface area contributed by atoms with Crippen molar-refractivity contribution in [1.29, 1.82) is 0 Å². The highest BCUT2D eigenvalue weighted by molar-refractivity contribution is 5.98. The quantitative estimate of drug-likeness (QED) is 0.842.